The highest BCUT2D eigenvalue weighted by molar-refractivity contribution is 5.42. The third kappa shape index (κ3) is 2.60. The quantitative estimate of drug-likeness (QED) is 0.901. The summed E-state index contributed by atoms with van der Waals surface area (Å²) in [5, 5.41) is 6.20. The van der Waals surface area contributed by atoms with Crippen LogP contribution in [0, 0.1) is 0 Å². The summed E-state index contributed by atoms with van der Waals surface area (Å²) >= 11 is 0. The maximum Gasteiger partial charge on any atom is 0.283 e. The fraction of sp³-hybridized carbons (Fsp3) is 0.286. The van der Waals surface area contributed by atoms with E-state index in [4.69, 9.17) is 0 Å². The Hall–Kier alpha value is -2.08. The number of nitrogens with one attached hydrogen (secondary N) is 2. The van der Waals surface area contributed by atoms with Crippen molar-refractivity contribution in [3.8, 4) is 0 Å². The Morgan fingerprint density at radius 1 is 1.15 bits per heavy atom. The van der Waals surface area contributed by atoms with Crippen molar-refractivity contribution in [2.24, 2.45) is 0 Å². The van der Waals surface area contributed by atoms with Gasteiger partial charge in [0.2, 0.25) is 0 Å². The Bertz CT molecular complexity index is 616. The number of hydrogen-bond acceptors (Lipinski definition) is 4. The molecular weight excluding hydrogens is 262 g/mol. The number of fused-ring (bicyclic) bond motifs is 1. The number of halogens is 2. The van der Waals surface area contributed by atoms with E-state index in [1.165, 1.54) is 23.5 Å². The van der Waals surface area contributed by atoms with Crippen LogP contribution in [0.3, 0.4) is 0 Å². The summed E-state index contributed by atoms with van der Waals surface area (Å²) in [5.74, 6) is 0.140. The standard InChI is InChI=1S/C14H14F2N4/c15-13(16)12-14(19-4-3-18-12)20-6-9-1-2-10-7-17-8-11(10)5-9/h1-5,13,17H,6-8H2,(H,19,20). The lowest BCUT2D eigenvalue weighted by Crippen LogP contribution is -2.06. The molecule has 0 atom stereocenters. The molecule has 2 N–H and O–H groups in total. The number of nitrogens with zero attached hydrogens (tertiary/aromatic N) is 2. The summed E-state index contributed by atoms with van der Waals surface area (Å²) in [6.07, 6.45) is 0.0459. The van der Waals surface area contributed by atoms with Crippen LogP contribution in [-0.4, -0.2) is 9.97 Å². The highest BCUT2D eigenvalue weighted by atomic mass is 19.3. The van der Waals surface area contributed by atoms with E-state index in [1.54, 1.807) is 0 Å². The lowest BCUT2D eigenvalue weighted by molar-refractivity contribution is 0.146. The number of aromatic nitrogens is 2. The van der Waals surface area contributed by atoms with Crippen molar-refractivity contribution in [3.05, 3.63) is 53.0 Å². The predicted octanol–water partition coefficient (Wildman–Crippen LogP) is 2.63. The maximum atomic E-state index is 12.8. The van der Waals surface area contributed by atoms with Crippen LogP contribution in [-0.2, 0) is 19.6 Å². The number of hydrogen-bond donors (Lipinski definition) is 2. The molecule has 1 aromatic carbocycles. The van der Waals surface area contributed by atoms with E-state index < -0.39 is 6.43 Å². The van der Waals surface area contributed by atoms with Gasteiger partial charge in [0, 0.05) is 32.0 Å². The zero-order valence-electron chi connectivity index (χ0n) is 10.7. The van der Waals surface area contributed by atoms with Crippen LogP contribution >= 0.6 is 0 Å². The molecule has 2 aromatic rings. The first-order chi connectivity index (χ1) is 9.74. The third-order valence-corrected chi connectivity index (χ3v) is 3.29. The fourth-order valence-electron chi connectivity index (χ4n) is 2.29. The van der Waals surface area contributed by atoms with E-state index in [-0.39, 0.29) is 11.5 Å². The minimum atomic E-state index is -2.63. The van der Waals surface area contributed by atoms with Gasteiger partial charge in [-0.2, -0.15) is 0 Å². The maximum absolute atomic E-state index is 12.8. The largest absolute Gasteiger partial charge is 0.364 e. The van der Waals surface area contributed by atoms with E-state index >= 15 is 0 Å². The van der Waals surface area contributed by atoms with E-state index in [1.807, 2.05) is 6.07 Å². The SMILES string of the molecule is FC(F)c1nccnc1NCc1ccc2c(c1)CNC2. The van der Waals surface area contributed by atoms with Gasteiger partial charge < -0.3 is 10.6 Å². The van der Waals surface area contributed by atoms with Crippen molar-refractivity contribution < 1.29 is 8.78 Å². The van der Waals surface area contributed by atoms with E-state index in [2.05, 4.69) is 32.7 Å². The zero-order valence-corrected chi connectivity index (χ0v) is 10.7. The second kappa shape index (κ2) is 5.50. The molecule has 0 fully saturated rings. The Morgan fingerprint density at radius 2 is 1.95 bits per heavy atom. The minimum Gasteiger partial charge on any atom is -0.364 e. The summed E-state index contributed by atoms with van der Waals surface area (Å²) in [6, 6.07) is 6.15. The molecule has 0 amide bonds. The van der Waals surface area contributed by atoms with E-state index in [9.17, 15) is 8.78 Å². The van der Waals surface area contributed by atoms with Crippen LogP contribution in [0.5, 0.6) is 0 Å². The highest BCUT2D eigenvalue weighted by Crippen LogP contribution is 2.23. The minimum absolute atomic E-state index is 0.140. The Balaban J connectivity index is 1.74. The van der Waals surface area contributed by atoms with Gasteiger partial charge in [-0.1, -0.05) is 18.2 Å². The summed E-state index contributed by atoms with van der Waals surface area (Å²) in [6.45, 7) is 2.20. The van der Waals surface area contributed by atoms with Gasteiger partial charge >= 0.3 is 0 Å². The monoisotopic (exact) mass is 276 g/mol. The molecule has 0 bridgehead atoms. The zero-order chi connectivity index (χ0) is 13.9. The van der Waals surface area contributed by atoms with Gasteiger partial charge in [-0.25, -0.2) is 18.7 Å². The second-order valence-electron chi connectivity index (χ2n) is 4.65. The Morgan fingerprint density at radius 3 is 2.80 bits per heavy atom. The summed E-state index contributed by atoms with van der Waals surface area (Å²) in [7, 11) is 0. The van der Waals surface area contributed by atoms with Crippen molar-refractivity contribution in [1.82, 2.24) is 15.3 Å². The van der Waals surface area contributed by atoms with Crippen molar-refractivity contribution in [2.75, 3.05) is 5.32 Å². The van der Waals surface area contributed by atoms with Crippen LogP contribution in [0.15, 0.2) is 30.6 Å². The molecule has 0 aliphatic carbocycles. The first-order valence-electron chi connectivity index (χ1n) is 6.38. The van der Waals surface area contributed by atoms with Crippen LogP contribution in [0.1, 0.15) is 28.8 Å². The molecule has 4 nitrogen and oxygen atoms in total. The predicted molar refractivity (Wildman–Crippen MR) is 71.3 cm³/mol. The number of alkyl halides is 2. The van der Waals surface area contributed by atoms with Gasteiger partial charge in [0.05, 0.1) is 0 Å². The molecule has 0 radical (unpaired) electrons. The van der Waals surface area contributed by atoms with Gasteiger partial charge in [0.25, 0.3) is 6.43 Å². The molecule has 0 unspecified atom stereocenters. The molecule has 20 heavy (non-hydrogen) atoms. The van der Waals surface area contributed by atoms with Gasteiger partial charge in [-0.3, -0.25) is 0 Å². The van der Waals surface area contributed by atoms with Gasteiger partial charge in [0.1, 0.15) is 5.69 Å². The fourth-order valence-corrected chi connectivity index (χ4v) is 2.29. The van der Waals surface area contributed by atoms with Crippen LogP contribution in [0.2, 0.25) is 0 Å². The van der Waals surface area contributed by atoms with E-state index in [0.717, 1.165) is 18.7 Å². The van der Waals surface area contributed by atoms with Crippen molar-refractivity contribution in [1.29, 1.82) is 0 Å². The second-order valence-corrected chi connectivity index (χ2v) is 4.65. The molecule has 1 aliphatic heterocycles. The first-order valence-corrected chi connectivity index (χ1v) is 6.38. The highest BCUT2D eigenvalue weighted by Gasteiger charge is 2.15. The lowest BCUT2D eigenvalue weighted by atomic mass is 10.1. The molecule has 1 aromatic heterocycles. The normalized spacial score (nSPS) is 13.6. The molecule has 0 saturated carbocycles. The molecule has 104 valence electrons. The number of rotatable bonds is 4. The van der Waals surface area contributed by atoms with Gasteiger partial charge in [-0.15, -0.1) is 0 Å². The topological polar surface area (TPSA) is 49.8 Å². The molecule has 0 saturated heterocycles. The molecule has 2 heterocycles. The summed E-state index contributed by atoms with van der Waals surface area (Å²) < 4.78 is 25.6. The Labute approximate surface area is 115 Å². The molecular formula is C14H14F2N4. The summed E-state index contributed by atoms with van der Waals surface area (Å²) in [5.41, 5.74) is 3.28. The number of benzene rings is 1. The molecule has 1 aliphatic rings. The Kier molecular flexibility index (Phi) is 3.56. The smallest absolute Gasteiger partial charge is 0.283 e. The van der Waals surface area contributed by atoms with Crippen molar-refractivity contribution >= 4 is 5.82 Å². The molecule has 6 heteroatoms. The van der Waals surface area contributed by atoms with Gasteiger partial charge in [-0.05, 0) is 16.7 Å². The van der Waals surface area contributed by atoms with Crippen LogP contribution < -0.4 is 10.6 Å². The van der Waals surface area contributed by atoms with Crippen LogP contribution in [0.25, 0.3) is 0 Å². The average molecular weight is 276 g/mol. The average Bonchev–Trinajstić information content (AvgIpc) is 2.92. The van der Waals surface area contributed by atoms with Gasteiger partial charge in [0.15, 0.2) is 5.82 Å². The first kappa shape index (κ1) is 12.9. The lowest BCUT2D eigenvalue weighted by Gasteiger charge is -2.10. The number of anilines is 1. The van der Waals surface area contributed by atoms with Crippen molar-refractivity contribution in [3.63, 3.8) is 0 Å². The van der Waals surface area contributed by atoms with E-state index in [0.29, 0.717) is 6.54 Å². The summed E-state index contributed by atoms with van der Waals surface area (Å²) in [4.78, 5) is 7.58. The van der Waals surface area contributed by atoms with Crippen molar-refractivity contribution in [2.45, 2.75) is 26.1 Å². The molecule has 3 rings (SSSR count). The van der Waals surface area contributed by atoms with Crippen LogP contribution in [0.4, 0.5) is 14.6 Å². The third-order valence-electron chi connectivity index (χ3n) is 3.29. The molecule has 0 spiro atoms.